The quantitative estimate of drug-likeness (QED) is 0.163. The molecule has 10 nitrogen and oxygen atoms in total. The summed E-state index contributed by atoms with van der Waals surface area (Å²) in [5.74, 6) is -1.51. The maximum atomic E-state index is 13.0. The van der Waals surface area contributed by atoms with E-state index in [2.05, 4.69) is 15.0 Å². The number of aliphatic imine (C=N–C) groups is 1. The number of carbonyl (C=O) groups is 2. The minimum atomic E-state index is -3.99. The molecule has 11 heteroatoms. The number of benzene rings is 2. The fourth-order valence-electron chi connectivity index (χ4n) is 2.95. The normalized spacial score (nSPS) is 13.0. The van der Waals surface area contributed by atoms with Gasteiger partial charge in [0.15, 0.2) is 5.96 Å². The SMILES string of the molecule is NC(=O)[C@H](Cc1ccccc1)NC(=O)[C@H](CCCN=C(N)N)NS(=O)(=O)c1ccccc1. The zero-order chi connectivity index (χ0) is 23.6. The maximum Gasteiger partial charge on any atom is 0.241 e. The molecule has 2 rings (SSSR count). The molecule has 8 N–H and O–H groups in total. The van der Waals surface area contributed by atoms with Crippen molar-refractivity contribution in [2.75, 3.05) is 6.54 Å². The zero-order valence-electron chi connectivity index (χ0n) is 17.5. The lowest BCUT2D eigenvalue weighted by atomic mass is 10.0. The van der Waals surface area contributed by atoms with Gasteiger partial charge in [-0.05, 0) is 30.5 Å². The monoisotopic (exact) mass is 460 g/mol. The molecule has 0 unspecified atom stereocenters. The molecule has 2 aromatic carbocycles. The molecule has 0 aromatic heterocycles. The van der Waals surface area contributed by atoms with E-state index in [0.29, 0.717) is 6.42 Å². The average Bonchev–Trinajstić information content (AvgIpc) is 2.76. The Morgan fingerprint density at radius 1 is 0.906 bits per heavy atom. The van der Waals surface area contributed by atoms with E-state index in [-0.39, 0.29) is 30.2 Å². The largest absolute Gasteiger partial charge is 0.370 e. The van der Waals surface area contributed by atoms with Gasteiger partial charge in [0.25, 0.3) is 0 Å². The van der Waals surface area contributed by atoms with Crippen molar-refractivity contribution in [3.8, 4) is 0 Å². The number of nitrogens with zero attached hydrogens (tertiary/aromatic N) is 1. The molecular formula is C21H28N6O4S. The van der Waals surface area contributed by atoms with Gasteiger partial charge < -0.3 is 22.5 Å². The van der Waals surface area contributed by atoms with E-state index in [1.165, 1.54) is 12.1 Å². The molecule has 0 bridgehead atoms. The molecular weight excluding hydrogens is 432 g/mol. The third kappa shape index (κ3) is 8.00. The van der Waals surface area contributed by atoms with Crippen LogP contribution in [0.3, 0.4) is 0 Å². The van der Waals surface area contributed by atoms with Crippen LogP contribution in [0.4, 0.5) is 0 Å². The summed E-state index contributed by atoms with van der Waals surface area (Å²) in [7, 11) is -3.99. The summed E-state index contributed by atoms with van der Waals surface area (Å²) in [6, 6.07) is 14.5. The number of hydrogen-bond acceptors (Lipinski definition) is 5. The minimum absolute atomic E-state index is 0.0118. The molecule has 2 atom stereocenters. The van der Waals surface area contributed by atoms with Gasteiger partial charge in [0.1, 0.15) is 12.1 Å². The van der Waals surface area contributed by atoms with Crippen molar-refractivity contribution in [3.63, 3.8) is 0 Å². The van der Waals surface area contributed by atoms with Gasteiger partial charge in [0.05, 0.1) is 4.90 Å². The Labute approximate surface area is 187 Å². The highest BCUT2D eigenvalue weighted by Crippen LogP contribution is 2.11. The number of amides is 2. The Bertz CT molecular complexity index is 1020. The van der Waals surface area contributed by atoms with Crippen LogP contribution in [0.5, 0.6) is 0 Å². The van der Waals surface area contributed by atoms with E-state index in [9.17, 15) is 18.0 Å². The topological polar surface area (TPSA) is 183 Å². The number of carbonyl (C=O) groups excluding carboxylic acids is 2. The summed E-state index contributed by atoms with van der Waals surface area (Å²) >= 11 is 0. The number of sulfonamides is 1. The molecule has 0 heterocycles. The third-order valence-corrected chi connectivity index (χ3v) is 6.04. The number of rotatable bonds is 12. The molecule has 0 radical (unpaired) electrons. The second kappa shape index (κ2) is 11.8. The van der Waals surface area contributed by atoms with Gasteiger partial charge in [-0.25, -0.2) is 8.42 Å². The molecule has 2 amide bonds. The van der Waals surface area contributed by atoms with Crippen LogP contribution < -0.4 is 27.2 Å². The molecule has 0 aliphatic heterocycles. The summed E-state index contributed by atoms with van der Waals surface area (Å²) in [5, 5.41) is 2.56. The summed E-state index contributed by atoms with van der Waals surface area (Å²) in [6.45, 7) is 0.211. The second-order valence-corrected chi connectivity index (χ2v) is 8.80. The fraction of sp³-hybridized carbons (Fsp3) is 0.286. The van der Waals surface area contributed by atoms with Crippen LogP contribution in [0.15, 0.2) is 70.6 Å². The standard InChI is InChI=1S/C21H28N6O4S/c22-19(28)18(14-15-8-3-1-4-9-15)26-20(29)17(12-7-13-25-21(23)24)27-32(30,31)16-10-5-2-6-11-16/h1-6,8-11,17-18,27H,7,12-14H2,(H2,22,28)(H,26,29)(H4,23,24,25)/t17-,18-/m0/s1. The number of hydrogen-bond donors (Lipinski definition) is 5. The van der Waals surface area contributed by atoms with E-state index < -0.39 is 33.9 Å². The Morgan fingerprint density at radius 2 is 1.50 bits per heavy atom. The first-order chi connectivity index (χ1) is 15.2. The Hall–Kier alpha value is -3.44. The van der Waals surface area contributed by atoms with Gasteiger partial charge in [-0.2, -0.15) is 4.72 Å². The number of nitrogens with one attached hydrogen (secondary N) is 2. The lowest BCUT2D eigenvalue weighted by molar-refractivity contribution is -0.128. The van der Waals surface area contributed by atoms with Gasteiger partial charge >= 0.3 is 0 Å². The first-order valence-electron chi connectivity index (χ1n) is 9.95. The van der Waals surface area contributed by atoms with Crippen molar-refractivity contribution in [2.24, 2.45) is 22.2 Å². The van der Waals surface area contributed by atoms with Crippen molar-refractivity contribution in [1.82, 2.24) is 10.0 Å². The average molecular weight is 461 g/mol. The van der Waals surface area contributed by atoms with Crippen molar-refractivity contribution in [2.45, 2.75) is 36.2 Å². The second-order valence-electron chi connectivity index (χ2n) is 7.09. The molecule has 0 aliphatic carbocycles. The Morgan fingerprint density at radius 3 is 2.06 bits per heavy atom. The Balaban J connectivity index is 2.17. The van der Waals surface area contributed by atoms with Crippen LogP contribution in [-0.4, -0.2) is 44.8 Å². The molecule has 0 spiro atoms. The van der Waals surface area contributed by atoms with Gasteiger partial charge in [-0.3, -0.25) is 14.6 Å². The van der Waals surface area contributed by atoms with Gasteiger partial charge in [0.2, 0.25) is 21.8 Å². The van der Waals surface area contributed by atoms with Crippen LogP contribution in [0.25, 0.3) is 0 Å². The van der Waals surface area contributed by atoms with Crippen molar-refractivity contribution >= 4 is 27.8 Å². The maximum absolute atomic E-state index is 13.0. The first-order valence-corrected chi connectivity index (χ1v) is 11.4. The van der Waals surface area contributed by atoms with Crippen LogP contribution in [-0.2, 0) is 26.0 Å². The molecule has 0 aliphatic rings. The van der Waals surface area contributed by atoms with E-state index in [1.807, 2.05) is 6.07 Å². The highest BCUT2D eigenvalue weighted by molar-refractivity contribution is 7.89. The molecule has 0 fully saturated rings. The van der Waals surface area contributed by atoms with Gasteiger partial charge in [-0.15, -0.1) is 0 Å². The van der Waals surface area contributed by atoms with Crippen LogP contribution in [0.2, 0.25) is 0 Å². The third-order valence-electron chi connectivity index (χ3n) is 4.56. The summed E-state index contributed by atoms with van der Waals surface area (Å²) in [4.78, 5) is 28.7. The minimum Gasteiger partial charge on any atom is -0.370 e. The molecule has 172 valence electrons. The van der Waals surface area contributed by atoms with E-state index in [1.54, 1.807) is 42.5 Å². The number of nitrogens with two attached hydrogens (primary N) is 3. The predicted molar refractivity (Wildman–Crippen MR) is 122 cm³/mol. The van der Waals surface area contributed by atoms with Gasteiger partial charge in [0, 0.05) is 13.0 Å². The highest BCUT2D eigenvalue weighted by atomic mass is 32.2. The lowest BCUT2D eigenvalue weighted by Gasteiger charge is -2.22. The molecule has 32 heavy (non-hydrogen) atoms. The number of guanidine groups is 1. The molecule has 0 saturated heterocycles. The molecule has 0 saturated carbocycles. The lowest BCUT2D eigenvalue weighted by Crippen LogP contribution is -2.53. The van der Waals surface area contributed by atoms with E-state index in [4.69, 9.17) is 17.2 Å². The van der Waals surface area contributed by atoms with Crippen LogP contribution in [0.1, 0.15) is 18.4 Å². The van der Waals surface area contributed by atoms with E-state index in [0.717, 1.165) is 5.56 Å². The van der Waals surface area contributed by atoms with Crippen LogP contribution in [0, 0.1) is 0 Å². The van der Waals surface area contributed by atoms with Crippen LogP contribution >= 0.6 is 0 Å². The highest BCUT2D eigenvalue weighted by Gasteiger charge is 2.28. The number of primary amides is 1. The smallest absolute Gasteiger partial charge is 0.241 e. The predicted octanol–water partition coefficient (Wildman–Crippen LogP) is -0.400. The zero-order valence-corrected chi connectivity index (χ0v) is 18.3. The summed E-state index contributed by atoms with van der Waals surface area (Å²) < 4.78 is 27.9. The molecule has 2 aromatic rings. The summed E-state index contributed by atoms with van der Waals surface area (Å²) in [5.41, 5.74) is 16.9. The van der Waals surface area contributed by atoms with Crippen molar-refractivity contribution < 1.29 is 18.0 Å². The Kier molecular flexibility index (Phi) is 9.17. The van der Waals surface area contributed by atoms with Gasteiger partial charge in [-0.1, -0.05) is 48.5 Å². The first kappa shape index (κ1) is 24.8. The van der Waals surface area contributed by atoms with Crippen molar-refractivity contribution in [3.05, 3.63) is 66.2 Å². The van der Waals surface area contributed by atoms with E-state index >= 15 is 0 Å². The van der Waals surface area contributed by atoms with Crippen molar-refractivity contribution in [1.29, 1.82) is 0 Å². The summed E-state index contributed by atoms with van der Waals surface area (Å²) in [6.07, 6.45) is 0.604. The fourth-order valence-corrected chi connectivity index (χ4v) is 4.20.